The Bertz CT molecular complexity index is 158. The molecule has 0 spiro atoms. The Hall–Kier alpha value is -1.26. The standard InChI is InChI=1S/C6H12N2O3/c1-2-8(6(7)11)4-3-5(9)10/h2-4H2,1H3,(H2,7,11)(H,9,10). The second kappa shape index (κ2) is 4.54. The highest BCUT2D eigenvalue weighted by atomic mass is 16.4. The molecule has 0 aliphatic heterocycles. The third kappa shape index (κ3) is 4.19. The quantitative estimate of drug-likeness (QED) is 0.600. The maximum Gasteiger partial charge on any atom is 0.314 e. The van der Waals surface area contributed by atoms with Crippen molar-refractivity contribution in [2.45, 2.75) is 13.3 Å². The van der Waals surface area contributed by atoms with Gasteiger partial charge in [-0.2, -0.15) is 0 Å². The summed E-state index contributed by atoms with van der Waals surface area (Å²) in [6.45, 7) is 2.37. The molecule has 0 heterocycles. The second-order valence-corrected chi connectivity index (χ2v) is 2.06. The van der Waals surface area contributed by atoms with Crippen LogP contribution in [-0.2, 0) is 4.79 Å². The molecule has 0 saturated carbocycles. The van der Waals surface area contributed by atoms with Gasteiger partial charge < -0.3 is 15.7 Å². The van der Waals surface area contributed by atoms with Crippen LogP contribution in [0, 0.1) is 0 Å². The fraction of sp³-hybridized carbons (Fsp3) is 0.667. The molecule has 0 fully saturated rings. The summed E-state index contributed by atoms with van der Waals surface area (Å²) in [6.07, 6.45) is -0.0588. The third-order valence-corrected chi connectivity index (χ3v) is 1.29. The predicted molar refractivity (Wildman–Crippen MR) is 39.1 cm³/mol. The average molecular weight is 160 g/mol. The molecule has 0 aliphatic rings. The van der Waals surface area contributed by atoms with E-state index in [9.17, 15) is 9.59 Å². The number of primary amides is 1. The molecular weight excluding hydrogens is 148 g/mol. The van der Waals surface area contributed by atoms with E-state index in [1.165, 1.54) is 4.90 Å². The van der Waals surface area contributed by atoms with Gasteiger partial charge in [-0.05, 0) is 6.92 Å². The number of nitrogens with two attached hydrogens (primary N) is 1. The number of carbonyl (C=O) groups is 2. The van der Waals surface area contributed by atoms with E-state index < -0.39 is 12.0 Å². The smallest absolute Gasteiger partial charge is 0.314 e. The molecule has 64 valence electrons. The first-order valence-electron chi connectivity index (χ1n) is 3.34. The van der Waals surface area contributed by atoms with E-state index in [0.29, 0.717) is 6.54 Å². The summed E-state index contributed by atoms with van der Waals surface area (Å²) < 4.78 is 0. The maximum absolute atomic E-state index is 10.5. The van der Waals surface area contributed by atoms with Crippen LogP contribution in [-0.4, -0.2) is 35.1 Å². The highest BCUT2D eigenvalue weighted by Gasteiger charge is 2.07. The first kappa shape index (κ1) is 9.74. The lowest BCUT2D eigenvalue weighted by molar-refractivity contribution is -0.137. The van der Waals surface area contributed by atoms with Crippen LogP contribution in [0.4, 0.5) is 4.79 Å². The monoisotopic (exact) mass is 160 g/mol. The highest BCUT2D eigenvalue weighted by Crippen LogP contribution is 1.90. The van der Waals surface area contributed by atoms with Gasteiger partial charge >= 0.3 is 12.0 Å². The zero-order valence-corrected chi connectivity index (χ0v) is 6.41. The normalized spacial score (nSPS) is 9.18. The number of hydrogen-bond donors (Lipinski definition) is 2. The van der Waals surface area contributed by atoms with Gasteiger partial charge in [-0.3, -0.25) is 4.79 Å². The maximum atomic E-state index is 10.5. The van der Waals surface area contributed by atoms with Crippen molar-refractivity contribution in [1.29, 1.82) is 0 Å². The number of carboxylic acids is 1. The Kier molecular flexibility index (Phi) is 4.02. The molecule has 11 heavy (non-hydrogen) atoms. The van der Waals surface area contributed by atoms with Gasteiger partial charge in [0.15, 0.2) is 0 Å². The molecule has 0 saturated heterocycles. The minimum absolute atomic E-state index is 0.0588. The van der Waals surface area contributed by atoms with Crippen LogP contribution in [0.15, 0.2) is 0 Å². The number of carboxylic acid groups (broad SMARTS) is 1. The summed E-state index contributed by atoms with van der Waals surface area (Å²) in [7, 11) is 0. The van der Waals surface area contributed by atoms with E-state index in [0.717, 1.165) is 0 Å². The molecule has 3 N–H and O–H groups in total. The van der Waals surface area contributed by atoms with Gasteiger partial charge in [-0.1, -0.05) is 0 Å². The third-order valence-electron chi connectivity index (χ3n) is 1.29. The van der Waals surface area contributed by atoms with Crippen LogP contribution in [0.3, 0.4) is 0 Å². The van der Waals surface area contributed by atoms with Crippen molar-refractivity contribution in [3.63, 3.8) is 0 Å². The summed E-state index contributed by atoms with van der Waals surface area (Å²) in [6, 6.07) is -0.575. The van der Waals surface area contributed by atoms with Crippen LogP contribution in [0.2, 0.25) is 0 Å². The number of urea groups is 1. The number of hydrogen-bond acceptors (Lipinski definition) is 2. The lowest BCUT2D eigenvalue weighted by Crippen LogP contribution is -2.36. The number of aliphatic carboxylic acids is 1. The largest absolute Gasteiger partial charge is 0.481 e. The fourth-order valence-electron chi connectivity index (χ4n) is 0.655. The lowest BCUT2D eigenvalue weighted by Gasteiger charge is -2.16. The van der Waals surface area contributed by atoms with Gasteiger partial charge in [0.1, 0.15) is 0 Å². The molecule has 0 radical (unpaired) electrons. The SMILES string of the molecule is CCN(CCC(=O)O)C(N)=O. The molecule has 0 aromatic rings. The van der Waals surface area contributed by atoms with Crippen molar-refractivity contribution in [3.05, 3.63) is 0 Å². The minimum Gasteiger partial charge on any atom is -0.481 e. The molecule has 0 unspecified atom stereocenters. The topological polar surface area (TPSA) is 83.6 Å². The summed E-state index contributed by atoms with van der Waals surface area (Å²) in [4.78, 5) is 21.8. The number of nitrogens with zero attached hydrogens (tertiary/aromatic N) is 1. The van der Waals surface area contributed by atoms with E-state index in [-0.39, 0.29) is 13.0 Å². The molecule has 0 bridgehead atoms. The summed E-state index contributed by atoms with van der Waals surface area (Å²) in [5.41, 5.74) is 4.93. The van der Waals surface area contributed by atoms with E-state index in [2.05, 4.69) is 0 Å². The van der Waals surface area contributed by atoms with E-state index in [1.807, 2.05) is 0 Å². The molecule has 0 aromatic carbocycles. The molecule has 5 nitrogen and oxygen atoms in total. The Morgan fingerprint density at radius 1 is 1.55 bits per heavy atom. The zero-order chi connectivity index (χ0) is 8.85. The second-order valence-electron chi connectivity index (χ2n) is 2.06. The fourth-order valence-corrected chi connectivity index (χ4v) is 0.655. The Labute approximate surface area is 64.8 Å². The van der Waals surface area contributed by atoms with Crippen molar-refractivity contribution in [3.8, 4) is 0 Å². The molecule has 0 aliphatic carbocycles. The van der Waals surface area contributed by atoms with E-state index in [1.54, 1.807) is 6.92 Å². The number of amides is 2. The zero-order valence-electron chi connectivity index (χ0n) is 6.41. The molecule has 2 amide bonds. The van der Waals surface area contributed by atoms with Gasteiger partial charge in [-0.25, -0.2) is 4.79 Å². The van der Waals surface area contributed by atoms with Crippen LogP contribution in [0.25, 0.3) is 0 Å². The van der Waals surface area contributed by atoms with E-state index >= 15 is 0 Å². The van der Waals surface area contributed by atoms with Gasteiger partial charge in [-0.15, -0.1) is 0 Å². The minimum atomic E-state index is -0.926. The van der Waals surface area contributed by atoms with Crippen molar-refractivity contribution < 1.29 is 14.7 Å². The van der Waals surface area contributed by atoms with Gasteiger partial charge in [0.25, 0.3) is 0 Å². The molecular formula is C6H12N2O3. The molecule has 0 aromatic heterocycles. The predicted octanol–water partition coefficient (Wildman–Crippen LogP) is -0.138. The molecule has 0 rings (SSSR count). The van der Waals surface area contributed by atoms with Crippen LogP contribution in [0.1, 0.15) is 13.3 Å². The highest BCUT2D eigenvalue weighted by molar-refractivity contribution is 5.73. The van der Waals surface area contributed by atoms with Crippen LogP contribution < -0.4 is 5.73 Å². The first-order chi connectivity index (χ1) is 5.07. The number of rotatable bonds is 4. The summed E-state index contributed by atoms with van der Waals surface area (Å²) in [5.74, 6) is -0.926. The molecule has 0 atom stereocenters. The van der Waals surface area contributed by atoms with E-state index in [4.69, 9.17) is 10.8 Å². The van der Waals surface area contributed by atoms with Crippen molar-refractivity contribution >= 4 is 12.0 Å². The Morgan fingerprint density at radius 3 is 2.36 bits per heavy atom. The average Bonchev–Trinajstić information content (AvgIpc) is 1.87. The molecule has 5 heteroatoms. The van der Waals surface area contributed by atoms with Gasteiger partial charge in [0.05, 0.1) is 6.42 Å². The van der Waals surface area contributed by atoms with Crippen molar-refractivity contribution in [2.24, 2.45) is 5.73 Å². The Balaban J connectivity index is 3.70. The summed E-state index contributed by atoms with van der Waals surface area (Å²) in [5, 5.41) is 8.26. The summed E-state index contributed by atoms with van der Waals surface area (Å²) >= 11 is 0. The lowest BCUT2D eigenvalue weighted by atomic mass is 10.4. The van der Waals surface area contributed by atoms with Crippen LogP contribution in [0.5, 0.6) is 0 Å². The van der Waals surface area contributed by atoms with Crippen molar-refractivity contribution in [2.75, 3.05) is 13.1 Å². The van der Waals surface area contributed by atoms with Crippen LogP contribution >= 0.6 is 0 Å². The number of carbonyl (C=O) groups excluding carboxylic acids is 1. The van der Waals surface area contributed by atoms with Gasteiger partial charge in [0.2, 0.25) is 0 Å². The van der Waals surface area contributed by atoms with Gasteiger partial charge in [0, 0.05) is 13.1 Å². The van der Waals surface area contributed by atoms with Crippen molar-refractivity contribution in [1.82, 2.24) is 4.90 Å². The Morgan fingerprint density at radius 2 is 2.09 bits per heavy atom. The first-order valence-corrected chi connectivity index (χ1v) is 3.34.